The lowest BCUT2D eigenvalue weighted by Crippen LogP contribution is -2.61. The standard InChI is InChI=1S/C18H23FN2O3S.C2HF3O2/c19-15-6-3-7-20-17(15)24-14-8-18(25-10-14)11-21(12-18)16(22)9-23-13-4-1-2-5-13;3-2(4,5)1(6)7/h3,6-7,13-14H,1-2,4-5,8-12H2;(H,6,7). The fourth-order valence-electron chi connectivity index (χ4n) is 3.88. The van der Waals surface area contributed by atoms with Gasteiger partial charge in [-0.1, -0.05) is 12.8 Å². The molecule has 32 heavy (non-hydrogen) atoms. The summed E-state index contributed by atoms with van der Waals surface area (Å²) in [5.41, 5.74) is 0. The first-order valence-electron chi connectivity index (χ1n) is 10.2. The van der Waals surface area contributed by atoms with E-state index >= 15 is 0 Å². The number of carbonyl (C=O) groups excluding carboxylic acids is 1. The van der Waals surface area contributed by atoms with Gasteiger partial charge in [0, 0.05) is 31.5 Å². The van der Waals surface area contributed by atoms with E-state index in [4.69, 9.17) is 19.4 Å². The van der Waals surface area contributed by atoms with E-state index in [-0.39, 0.29) is 35.3 Å². The Bertz CT molecular complexity index is 813. The Kier molecular flexibility index (Phi) is 7.86. The second-order valence-corrected chi connectivity index (χ2v) is 9.49. The van der Waals surface area contributed by atoms with E-state index in [0.29, 0.717) is 0 Å². The average Bonchev–Trinajstić information content (AvgIpc) is 3.36. The molecule has 1 spiro atoms. The highest BCUT2D eigenvalue weighted by Gasteiger charge is 2.51. The monoisotopic (exact) mass is 480 g/mol. The fourth-order valence-corrected chi connectivity index (χ4v) is 5.40. The summed E-state index contributed by atoms with van der Waals surface area (Å²) in [5, 5.41) is 7.12. The third kappa shape index (κ3) is 6.47. The molecule has 2 saturated heterocycles. The van der Waals surface area contributed by atoms with Gasteiger partial charge < -0.3 is 19.5 Å². The molecule has 1 aliphatic carbocycles. The minimum atomic E-state index is -5.08. The molecule has 178 valence electrons. The van der Waals surface area contributed by atoms with Crippen LogP contribution in [0.25, 0.3) is 0 Å². The van der Waals surface area contributed by atoms with E-state index in [1.807, 2.05) is 16.7 Å². The molecule has 1 unspecified atom stereocenters. The zero-order valence-corrected chi connectivity index (χ0v) is 18.0. The lowest BCUT2D eigenvalue weighted by Gasteiger charge is -2.47. The minimum absolute atomic E-state index is 0.0543. The molecule has 1 aromatic heterocycles. The van der Waals surface area contributed by atoms with E-state index in [0.717, 1.165) is 38.1 Å². The van der Waals surface area contributed by atoms with Crippen molar-refractivity contribution in [1.82, 2.24) is 9.88 Å². The van der Waals surface area contributed by atoms with Gasteiger partial charge in [0.2, 0.25) is 5.91 Å². The van der Waals surface area contributed by atoms with Gasteiger partial charge in [-0.25, -0.2) is 14.2 Å². The number of aromatic nitrogens is 1. The molecular formula is C20H24F4N2O5S. The van der Waals surface area contributed by atoms with Gasteiger partial charge in [0.25, 0.3) is 5.88 Å². The Labute approximate surface area is 186 Å². The van der Waals surface area contributed by atoms with Crippen molar-refractivity contribution in [2.75, 3.05) is 25.4 Å². The Morgan fingerprint density at radius 1 is 1.25 bits per heavy atom. The normalized spacial score (nSPS) is 22.2. The van der Waals surface area contributed by atoms with Gasteiger partial charge in [-0.15, -0.1) is 11.8 Å². The van der Waals surface area contributed by atoms with Crippen molar-refractivity contribution >= 4 is 23.6 Å². The molecule has 1 saturated carbocycles. The molecule has 3 fully saturated rings. The Morgan fingerprint density at radius 3 is 2.50 bits per heavy atom. The predicted octanol–water partition coefficient (Wildman–Crippen LogP) is 3.28. The number of aliphatic carboxylic acids is 1. The van der Waals surface area contributed by atoms with Gasteiger partial charge in [0.15, 0.2) is 5.82 Å². The highest BCUT2D eigenvalue weighted by Crippen LogP contribution is 2.46. The number of ether oxygens (including phenoxy) is 2. The van der Waals surface area contributed by atoms with Crippen LogP contribution in [0.2, 0.25) is 0 Å². The van der Waals surface area contributed by atoms with Crippen LogP contribution in [-0.4, -0.2) is 75.4 Å². The average molecular weight is 480 g/mol. The molecule has 2 aliphatic heterocycles. The van der Waals surface area contributed by atoms with E-state index in [2.05, 4.69) is 4.98 Å². The first-order chi connectivity index (χ1) is 15.1. The summed E-state index contributed by atoms with van der Waals surface area (Å²) in [5.74, 6) is -2.23. The molecule has 1 aromatic rings. The third-order valence-corrected chi connectivity index (χ3v) is 7.05. The quantitative estimate of drug-likeness (QED) is 0.647. The van der Waals surface area contributed by atoms with Crippen LogP contribution in [0.1, 0.15) is 32.1 Å². The number of hydrogen-bond acceptors (Lipinski definition) is 6. The van der Waals surface area contributed by atoms with Crippen LogP contribution in [0.4, 0.5) is 17.6 Å². The van der Waals surface area contributed by atoms with E-state index in [9.17, 15) is 22.4 Å². The molecular weight excluding hydrogens is 456 g/mol. The zero-order valence-electron chi connectivity index (χ0n) is 17.1. The number of nitrogens with zero attached hydrogens (tertiary/aromatic N) is 2. The third-order valence-electron chi connectivity index (χ3n) is 5.48. The van der Waals surface area contributed by atoms with Crippen LogP contribution < -0.4 is 4.74 Å². The van der Waals surface area contributed by atoms with Crippen LogP contribution in [0.5, 0.6) is 5.88 Å². The van der Waals surface area contributed by atoms with E-state index in [1.165, 1.54) is 25.1 Å². The van der Waals surface area contributed by atoms with Crippen LogP contribution in [0, 0.1) is 5.82 Å². The van der Waals surface area contributed by atoms with Gasteiger partial charge in [-0.3, -0.25) is 4.79 Å². The number of carboxylic acid groups (broad SMARTS) is 1. The smallest absolute Gasteiger partial charge is 0.475 e. The first kappa shape index (κ1) is 24.6. The summed E-state index contributed by atoms with van der Waals surface area (Å²) < 4.78 is 56.9. The number of pyridine rings is 1. The minimum Gasteiger partial charge on any atom is -0.475 e. The molecule has 3 heterocycles. The van der Waals surface area contributed by atoms with Gasteiger partial charge in [-0.2, -0.15) is 13.2 Å². The van der Waals surface area contributed by atoms with Crippen molar-refractivity contribution in [2.24, 2.45) is 0 Å². The van der Waals surface area contributed by atoms with Crippen molar-refractivity contribution in [3.63, 3.8) is 0 Å². The molecule has 0 aromatic carbocycles. The van der Waals surface area contributed by atoms with E-state index in [1.54, 1.807) is 6.07 Å². The SMILES string of the molecule is O=C(COC1CCCC1)N1CC2(CC(Oc3ncccc3F)CS2)C1.O=C(O)C(F)(F)F. The van der Waals surface area contributed by atoms with Crippen molar-refractivity contribution in [3.8, 4) is 5.88 Å². The molecule has 7 nitrogen and oxygen atoms in total. The van der Waals surface area contributed by atoms with Crippen molar-refractivity contribution in [1.29, 1.82) is 0 Å². The second-order valence-electron chi connectivity index (χ2n) is 8.00. The number of carboxylic acids is 1. The summed E-state index contributed by atoms with van der Waals surface area (Å²) in [6, 6.07) is 2.91. The number of thioether (sulfide) groups is 1. The summed E-state index contributed by atoms with van der Waals surface area (Å²) in [6.45, 7) is 1.66. The number of carbonyl (C=O) groups is 2. The molecule has 0 bridgehead atoms. The maximum Gasteiger partial charge on any atom is 0.490 e. The highest BCUT2D eigenvalue weighted by molar-refractivity contribution is 8.01. The first-order valence-corrected chi connectivity index (χ1v) is 11.2. The Morgan fingerprint density at radius 2 is 1.91 bits per heavy atom. The highest BCUT2D eigenvalue weighted by atomic mass is 32.2. The van der Waals surface area contributed by atoms with Gasteiger partial charge in [0.1, 0.15) is 12.7 Å². The van der Waals surface area contributed by atoms with E-state index < -0.39 is 18.0 Å². The topological polar surface area (TPSA) is 89.0 Å². The van der Waals surface area contributed by atoms with Crippen molar-refractivity contribution in [2.45, 2.75) is 55.2 Å². The molecule has 1 amide bonds. The summed E-state index contributed by atoms with van der Waals surface area (Å²) in [7, 11) is 0. The van der Waals surface area contributed by atoms with Gasteiger partial charge in [-0.05, 0) is 25.0 Å². The fraction of sp³-hybridized carbons (Fsp3) is 0.650. The zero-order chi connectivity index (χ0) is 23.4. The van der Waals surface area contributed by atoms with Crippen LogP contribution in [-0.2, 0) is 14.3 Å². The number of amides is 1. The second kappa shape index (κ2) is 10.2. The number of likely N-dealkylation sites (tertiary alicyclic amines) is 1. The van der Waals surface area contributed by atoms with Gasteiger partial charge >= 0.3 is 12.1 Å². The summed E-state index contributed by atoms with van der Waals surface area (Å²) >= 11 is 1.82. The molecule has 3 aliphatic rings. The van der Waals surface area contributed by atoms with Crippen molar-refractivity contribution < 1.29 is 41.7 Å². The molecule has 4 rings (SSSR count). The molecule has 12 heteroatoms. The van der Waals surface area contributed by atoms with Crippen LogP contribution in [0.3, 0.4) is 0 Å². The Balaban J connectivity index is 0.000000360. The molecule has 1 atom stereocenters. The number of halogens is 4. The number of alkyl halides is 3. The van der Waals surface area contributed by atoms with Crippen LogP contribution in [0.15, 0.2) is 18.3 Å². The summed E-state index contributed by atoms with van der Waals surface area (Å²) in [4.78, 5) is 27.0. The maximum absolute atomic E-state index is 13.7. The summed E-state index contributed by atoms with van der Waals surface area (Å²) in [6.07, 6.45) is 2.06. The van der Waals surface area contributed by atoms with Crippen molar-refractivity contribution in [3.05, 3.63) is 24.1 Å². The lowest BCUT2D eigenvalue weighted by atomic mass is 9.93. The largest absolute Gasteiger partial charge is 0.490 e. The molecule has 0 radical (unpaired) electrons. The predicted molar refractivity (Wildman–Crippen MR) is 107 cm³/mol. The lowest BCUT2D eigenvalue weighted by molar-refractivity contribution is -0.192. The van der Waals surface area contributed by atoms with Crippen LogP contribution >= 0.6 is 11.8 Å². The molecule has 1 N–H and O–H groups in total. The number of hydrogen-bond donors (Lipinski definition) is 1. The maximum atomic E-state index is 13.7. The van der Waals surface area contributed by atoms with Gasteiger partial charge in [0.05, 0.1) is 10.9 Å². The number of rotatable bonds is 5. The Hall–Kier alpha value is -2.08.